The van der Waals surface area contributed by atoms with Crippen LogP contribution in [0.5, 0.6) is 11.5 Å². The molecule has 0 radical (unpaired) electrons. The highest BCUT2D eigenvalue weighted by Gasteiger charge is 2.77. The van der Waals surface area contributed by atoms with Gasteiger partial charge in [0.05, 0.1) is 19.6 Å². The Kier molecular flexibility index (Phi) is 10.3. The van der Waals surface area contributed by atoms with Crippen molar-refractivity contribution < 1.29 is 42.4 Å². The molecule has 0 amide bonds. The molecule has 0 saturated carbocycles. The topological polar surface area (TPSA) is 187 Å². The van der Waals surface area contributed by atoms with Crippen LogP contribution in [0.2, 0.25) is 18.1 Å². The van der Waals surface area contributed by atoms with Crippen molar-refractivity contribution in [1.29, 1.82) is 0 Å². The number of ether oxygens (including phenoxy) is 3. The van der Waals surface area contributed by atoms with Crippen molar-refractivity contribution in [2.24, 2.45) is 0 Å². The van der Waals surface area contributed by atoms with Crippen LogP contribution in [0.15, 0.2) is 101 Å². The Bertz CT molecular complexity index is 2070. The summed E-state index contributed by atoms with van der Waals surface area (Å²) in [6, 6.07) is 23.4. The number of hydrogen-bond acceptors (Lipinski definition) is 11. The number of sulfone groups is 1. The van der Waals surface area contributed by atoms with Crippen LogP contribution in [0.3, 0.4) is 0 Å². The molecule has 2 heterocycles. The van der Waals surface area contributed by atoms with Crippen molar-refractivity contribution in [1.82, 2.24) is 9.55 Å². The van der Waals surface area contributed by atoms with Gasteiger partial charge >= 0.3 is 5.69 Å². The van der Waals surface area contributed by atoms with E-state index >= 15 is 0 Å². The minimum absolute atomic E-state index is 0.461. The molecule has 52 heavy (non-hydrogen) atoms. The number of aromatic nitrogens is 2. The van der Waals surface area contributed by atoms with Crippen LogP contribution < -0.4 is 20.7 Å². The van der Waals surface area contributed by atoms with Crippen LogP contribution in [0, 0.1) is 0 Å². The van der Waals surface area contributed by atoms with Gasteiger partial charge in [-0.25, -0.2) is 13.2 Å². The number of nitrogens with zero attached hydrogens (tertiary/aromatic N) is 1. The zero-order chi connectivity index (χ0) is 38.5. The summed E-state index contributed by atoms with van der Waals surface area (Å²) >= 11 is 0. The molecule has 4 N–H and O–H groups in total. The molecule has 1 aliphatic rings. The highest BCUT2D eigenvalue weighted by molar-refractivity contribution is 7.92. The van der Waals surface area contributed by atoms with E-state index in [1.165, 1.54) is 14.2 Å². The zero-order valence-electron chi connectivity index (χ0n) is 30.4. The smallest absolute Gasteiger partial charge is 0.330 e. The molecule has 0 aliphatic carbocycles. The van der Waals surface area contributed by atoms with E-state index in [0.29, 0.717) is 39.0 Å². The van der Waals surface area contributed by atoms with Gasteiger partial charge in [0.1, 0.15) is 23.7 Å². The number of H-pyrrole nitrogens is 1. The first kappa shape index (κ1) is 39.1. The molecule has 5 atom stereocenters. The molecule has 1 fully saturated rings. The standard InChI is InChI=1S/C37H46N2O11SSi/c1-34(2,3)52(7,8)50-36(43)31(49-32(37(36,44)51(6,45)46)39-23-22-29(40)38-33(39)42)30(41)35(24-12-10-9-11-13-24,25-14-18-27(47-4)19-15-25)26-16-20-28(48-5)21-17-26/h9-23,30-32,41,43-44H,1-8H3,(H,38,40,42)/t30?,31-,32-,36+,37-/m1/s1. The van der Waals surface area contributed by atoms with Crippen LogP contribution in [-0.2, 0) is 24.4 Å². The van der Waals surface area contributed by atoms with E-state index in [9.17, 15) is 33.3 Å². The number of rotatable bonds is 11. The highest BCUT2D eigenvalue weighted by atomic mass is 32.2. The Hall–Kier alpha value is -4.09. The van der Waals surface area contributed by atoms with Gasteiger partial charge in [0.2, 0.25) is 5.79 Å². The minimum atomic E-state index is -4.89. The molecular weight excluding hydrogens is 709 g/mol. The number of nitrogens with one attached hydrogen (secondary N) is 1. The van der Waals surface area contributed by atoms with E-state index in [0.717, 1.165) is 12.3 Å². The van der Waals surface area contributed by atoms with Crippen LogP contribution >= 0.6 is 0 Å². The van der Waals surface area contributed by atoms with Crippen LogP contribution in [0.4, 0.5) is 0 Å². The Morgan fingerprint density at radius 1 is 0.846 bits per heavy atom. The highest BCUT2D eigenvalue weighted by Crippen LogP contribution is 2.56. The average molecular weight is 755 g/mol. The minimum Gasteiger partial charge on any atom is -0.497 e. The van der Waals surface area contributed by atoms with Crippen molar-refractivity contribution in [3.63, 3.8) is 0 Å². The molecule has 1 saturated heterocycles. The van der Waals surface area contributed by atoms with Gasteiger partial charge in [-0.1, -0.05) is 75.4 Å². The monoisotopic (exact) mass is 754 g/mol. The SMILES string of the molecule is COc1ccc(C(c2ccccc2)(c2ccc(OC)cc2)C(O)[C@H]2O[C@@H](n3ccc(=O)[nH]c3=O)[C@@](O)(S(C)(=O)=O)[C@@]2(O)O[Si](C)(C)C(C)(C)C)cc1. The van der Waals surface area contributed by atoms with Gasteiger partial charge in [0.15, 0.2) is 24.4 Å². The number of aliphatic hydroxyl groups excluding tert-OH is 1. The Labute approximate surface area is 303 Å². The quantitative estimate of drug-likeness (QED) is 0.100. The van der Waals surface area contributed by atoms with Crippen molar-refractivity contribution in [3.8, 4) is 11.5 Å². The molecule has 1 aromatic heterocycles. The molecule has 1 aliphatic heterocycles. The number of methoxy groups -OCH3 is 2. The first-order valence-electron chi connectivity index (χ1n) is 16.5. The Balaban J connectivity index is 1.92. The lowest BCUT2D eigenvalue weighted by atomic mass is 9.63. The predicted molar refractivity (Wildman–Crippen MR) is 197 cm³/mol. The summed E-state index contributed by atoms with van der Waals surface area (Å²) in [4.78, 5) is 24.0. The van der Waals surface area contributed by atoms with Gasteiger partial charge < -0.3 is 34.0 Å². The third kappa shape index (κ3) is 6.23. The third-order valence-corrected chi connectivity index (χ3v) is 16.5. The van der Waals surface area contributed by atoms with E-state index in [2.05, 4.69) is 0 Å². The third-order valence-electron chi connectivity index (χ3n) is 10.4. The fourth-order valence-electron chi connectivity index (χ4n) is 6.63. The van der Waals surface area contributed by atoms with E-state index < -0.39 is 69.0 Å². The lowest BCUT2D eigenvalue weighted by molar-refractivity contribution is -0.250. The van der Waals surface area contributed by atoms with E-state index in [4.69, 9.17) is 18.6 Å². The molecular formula is C37H46N2O11SSi. The van der Waals surface area contributed by atoms with Gasteiger partial charge in [-0.2, -0.15) is 0 Å². The number of benzene rings is 3. The van der Waals surface area contributed by atoms with Gasteiger partial charge in [-0.15, -0.1) is 0 Å². The summed E-state index contributed by atoms with van der Waals surface area (Å²) in [6.45, 7) is 8.99. The summed E-state index contributed by atoms with van der Waals surface area (Å²) < 4.78 is 52.4. The number of aliphatic hydroxyl groups is 3. The normalized spacial score (nSPS) is 23.3. The molecule has 3 aromatic carbocycles. The first-order chi connectivity index (χ1) is 24.2. The first-order valence-corrected chi connectivity index (χ1v) is 21.3. The van der Waals surface area contributed by atoms with Gasteiger partial charge in [-0.3, -0.25) is 14.3 Å². The van der Waals surface area contributed by atoms with Gasteiger partial charge in [0.25, 0.3) is 10.5 Å². The Morgan fingerprint density at radius 2 is 1.33 bits per heavy atom. The molecule has 0 bridgehead atoms. The maximum atomic E-state index is 14.0. The lowest BCUT2D eigenvalue weighted by Crippen LogP contribution is -2.70. The second-order valence-corrected chi connectivity index (χ2v) is 21.4. The summed E-state index contributed by atoms with van der Waals surface area (Å²) in [5.74, 6) is -2.22. The molecule has 0 spiro atoms. The molecule has 280 valence electrons. The van der Waals surface area contributed by atoms with Gasteiger partial charge in [-0.05, 0) is 59.1 Å². The fraction of sp³-hybridized carbons (Fsp3) is 0.405. The molecule has 5 rings (SSSR count). The van der Waals surface area contributed by atoms with Crippen LogP contribution in [0.1, 0.15) is 43.7 Å². The summed E-state index contributed by atoms with van der Waals surface area (Å²) in [5.41, 5.74) is -2.22. The molecule has 13 nitrogen and oxygen atoms in total. The molecule has 4 aromatic rings. The number of hydrogen-bond donors (Lipinski definition) is 4. The van der Waals surface area contributed by atoms with Crippen LogP contribution in [0.25, 0.3) is 0 Å². The van der Waals surface area contributed by atoms with E-state index in [1.807, 2.05) is 25.8 Å². The van der Waals surface area contributed by atoms with Crippen molar-refractivity contribution in [3.05, 3.63) is 129 Å². The van der Waals surface area contributed by atoms with Crippen molar-refractivity contribution in [2.45, 2.75) is 73.5 Å². The lowest BCUT2D eigenvalue weighted by Gasteiger charge is -2.50. The second-order valence-electron chi connectivity index (χ2n) is 14.5. The average Bonchev–Trinajstić information content (AvgIpc) is 3.32. The summed E-state index contributed by atoms with van der Waals surface area (Å²) in [6.07, 6.45) is -4.66. The number of aromatic amines is 1. The van der Waals surface area contributed by atoms with E-state index in [1.54, 1.807) is 92.0 Å². The van der Waals surface area contributed by atoms with E-state index in [-0.39, 0.29) is 0 Å². The zero-order valence-corrected chi connectivity index (χ0v) is 32.2. The van der Waals surface area contributed by atoms with Gasteiger partial charge in [0, 0.05) is 18.5 Å². The largest absolute Gasteiger partial charge is 0.497 e. The van der Waals surface area contributed by atoms with Crippen molar-refractivity contribution >= 4 is 18.2 Å². The predicted octanol–water partition coefficient (Wildman–Crippen LogP) is 3.29. The summed E-state index contributed by atoms with van der Waals surface area (Å²) in [7, 11) is -5.20. The van der Waals surface area contributed by atoms with Crippen LogP contribution in [-0.4, -0.2) is 85.0 Å². The fourth-order valence-corrected chi connectivity index (χ4v) is 9.28. The second kappa shape index (κ2) is 13.7. The molecule has 1 unspecified atom stereocenters. The van der Waals surface area contributed by atoms with Crippen molar-refractivity contribution in [2.75, 3.05) is 20.5 Å². The maximum absolute atomic E-state index is 14.0. The summed E-state index contributed by atoms with van der Waals surface area (Å²) in [5, 5.41) is 38.3. The Morgan fingerprint density at radius 3 is 1.75 bits per heavy atom. The maximum Gasteiger partial charge on any atom is 0.330 e. The molecule has 15 heteroatoms.